The maximum absolute atomic E-state index is 6.21. The average molecular weight is 330 g/mol. The number of fused-ring (bicyclic) bond motifs is 1. The predicted octanol–water partition coefficient (Wildman–Crippen LogP) is 4.32. The summed E-state index contributed by atoms with van der Waals surface area (Å²) in [7, 11) is 0. The number of amidine groups is 1. The first-order chi connectivity index (χ1) is 10.7. The monoisotopic (exact) mass is 329 g/mol. The van der Waals surface area contributed by atoms with Gasteiger partial charge in [0.2, 0.25) is 0 Å². The Morgan fingerprint density at radius 3 is 2.91 bits per heavy atom. The molecule has 2 aliphatic rings. The Bertz CT molecular complexity index is 719. The molecular formula is C17H16ClN3S. The summed E-state index contributed by atoms with van der Waals surface area (Å²) in [5, 5.41) is 2.48. The van der Waals surface area contributed by atoms with E-state index in [0.29, 0.717) is 5.25 Å². The summed E-state index contributed by atoms with van der Waals surface area (Å²) in [6.07, 6.45) is 1.84. The second-order valence-corrected chi connectivity index (χ2v) is 7.53. The highest BCUT2D eigenvalue weighted by molar-refractivity contribution is 8.14. The van der Waals surface area contributed by atoms with Crippen LogP contribution in [0.15, 0.2) is 53.7 Å². The van der Waals surface area contributed by atoms with Crippen LogP contribution < -0.4 is 0 Å². The largest absolute Gasteiger partial charge is 0.341 e. The van der Waals surface area contributed by atoms with Gasteiger partial charge in [-0.05, 0) is 29.8 Å². The van der Waals surface area contributed by atoms with Gasteiger partial charge in [0.25, 0.3) is 0 Å². The first-order valence-electron chi connectivity index (χ1n) is 7.40. The SMILES string of the molecule is C[C@@H]1CN2C(=N[C@@H](c3ccccn3)[C@H]2c2cccc(Cl)c2)S1. The van der Waals surface area contributed by atoms with Gasteiger partial charge in [-0.2, -0.15) is 0 Å². The lowest BCUT2D eigenvalue weighted by molar-refractivity contribution is 0.321. The summed E-state index contributed by atoms with van der Waals surface area (Å²) in [6.45, 7) is 3.26. The average Bonchev–Trinajstić information content (AvgIpc) is 3.04. The highest BCUT2D eigenvalue weighted by Crippen LogP contribution is 2.47. The van der Waals surface area contributed by atoms with Gasteiger partial charge in [0.15, 0.2) is 5.17 Å². The van der Waals surface area contributed by atoms with Crippen LogP contribution in [0.4, 0.5) is 0 Å². The van der Waals surface area contributed by atoms with Crippen molar-refractivity contribution in [2.45, 2.75) is 24.3 Å². The van der Waals surface area contributed by atoms with Gasteiger partial charge in [-0.15, -0.1) is 0 Å². The molecule has 112 valence electrons. The summed E-state index contributed by atoms with van der Waals surface area (Å²) in [4.78, 5) is 11.9. The summed E-state index contributed by atoms with van der Waals surface area (Å²) >= 11 is 8.06. The van der Waals surface area contributed by atoms with Gasteiger partial charge < -0.3 is 4.90 Å². The molecule has 0 radical (unpaired) electrons. The molecule has 2 aromatic rings. The van der Waals surface area contributed by atoms with Gasteiger partial charge >= 0.3 is 0 Å². The number of aliphatic imine (C=N–C) groups is 1. The molecule has 3 nitrogen and oxygen atoms in total. The minimum atomic E-state index is 0.0367. The molecule has 0 N–H and O–H groups in total. The van der Waals surface area contributed by atoms with E-state index in [1.807, 2.05) is 48.3 Å². The number of halogens is 1. The van der Waals surface area contributed by atoms with E-state index in [1.165, 1.54) is 5.56 Å². The van der Waals surface area contributed by atoms with Crippen molar-refractivity contribution in [1.82, 2.24) is 9.88 Å². The smallest absolute Gasteiger partial charge is 0.160 e. The molecule has 0 amide bonds. The van der Waals surface area contributed by atoms with Crippen molar-refractivity contribution in [3.8, 4) is 0 Å². The molecule has 5 heteroatoms. The van der Waals surface area contributed by atoms with Crippen LogP contribution in [0.5, 0.6) is 0 Å². The van der Waals surface area contributed by atoms with E-state index >= 15 is 0 Å². The first kappa shape index (κ1) is 14.1. The molecule has 3 atom stereocenters. The molecule has 0 aliphatic carbocycles. The first-order valence-corrected chi connectivity index (χ1v) is 8.65. The third-order valence-corrected chi connectivity index (χ3v) is 5.41. The normalized spacial score (nSPS) is 26.9. The fourth-order valence-corrected chi connectivity index (χ4v) is 4.46. The Hall–Kier alpha value is -1.52. The Morgan fingerprint density at radius 1 is 1.23 bits per heavy atom. The van der Waals surface area contributed by atoms with E-state index in [-0.39, 0.29) is 12.1 Å². The molecule has 1 saturated heterocycles. The second kappa shape index (κ2) is 5.60. The van der Waals surface area contributed by atoms with Crippen LogP contribution in [0.25, 0.3) is 0 Å². The number of hydrogen-bond acceptors (Lipinski definition) is 4. The zero-order chi connectivity index (χ0) is 15.1. The van der Waals surface area contributed by atoms with Crippen LogP contribution >= 0.6 is 23.4 Å². The quantitative estimate of drug-likeness (QED) is 0.821. The van der Waals surface area contributed by atoms with Gasteiger partial charge in [-0.3, -0.25) is 9.98 Å². The number of aromatic nitrogens is 1. The third kappa shape index (κ3) is 2.40. The van der Waals surface area contributed by atoms with Crippen molar-refractivity contribution >= 4 is 28.5 Å². The molecular weight excluding hydrogens is 314 g/mol. The Balaban J connectivity index is 1.78. The molecule has 1 aromatic carbocycles. The number of pyridine rings is 1. The molecule has 0 saturated carbocycles. The van der Waals surface area contributed by atoms with Crippen molar-refractivity contribution in [1.29, 1.82) is 0 Å². The Labute approximate surface area is 139 Å². The van der Waals surface area contributed by atoms with Crippen molar-refractivity contribution in [2.75, 3.05) is 6.54 Å². The second-order valence-electron chi connectivity index (χ2n) is 5.69. The van der Waals surface area contributed by atoms with Crippen molar-refractivity contribution < 1.29 is 0 Å². The molecule has 0 spiro atoms. The molecule has 1 fully saturated rings. The van der Waals surface area contributed by atoms with Crippen molar-refractivity contribution in [3.05, 3.63) is 64.9 Å². The predicted molar refractivity (Wildman–Crippen MR) is 92.4 cm³/mol. The number of rotatable bonds is 2. The molecule has 22 heavy (non-hydrogen) atoms. The van der Waals surface area contributed by atoms with E-state index in [4.69, 9.17) is 16.6 Å². The lowest BCUT2D eigenvalue weighted by Gasteiger charge is -2.27. The maximum atomic E-state index is 6.21. The van der Waals surface area contributed by atoms with Crippen LogP contribution in [0.2, 0.25) is 5.02 Å². The number of thioether (sulfide) groups is 1. The van der Waals surface area contributed by atoms with E-state index in [0.717, 1.165) is 22.4 Å². The van der Waals surface area contributed by atoms with Gasteiger partial charge in [0.1, 0.15) is 6.04 Å². The molecule has 4 rings (SSSR count). The summed E-state index contributed by atoms with van der Waals surface area (Å²) in [5.41, 5.74) is 2.22. The minimum Gasteiger partial charge on any atom is -0.341 e. The highest BCUT2D eigenvalue weighted by atomic mass is 35.5. The van der Waals surface area contributed by atoms with Gasteiger partial charge in [-0.25, -0.2) is 0 Å². The third-order valence-electron chi connectivity index (χ3n) is 4.07. The lowest BCUT2D eigenvalue weighted by atomic mass is 9.96. The minimum absolute atomic E-state index is 0.0367. The fourth-order valence-electron chi connectivity index (χ4n) is 3.17. The maximum Gasteiger partial charge on any atom is 0.160 e. The molecule has 0 unspecified atom stereocenters. The van der Waals surface area contributed by atoms with E-state index in [2.05, 4.69) is 28.9 Å². The van der Waals surface area contributed by atoms with Crippen LogP contribution in [0.3, 0.4) is 0 Å². The van der Waals surface area contributed by atoms with Gasteiger partial charge in [-0.1, -0.05) is 48.5 Å². The molecule has 1 aromatic heterocycles. The zero-order valence-electron chi connectivity index (χ0n) is 12.2. The standard InChI is InChI=1S/C17H16ClN3S/c1-11-10-21-16(12-5-4-6-13(18)9-12)15(20-17(21)22-11)14-7-2-3-8-19-14/h2-9,11,15-16H,10H2,1H3/t11-,15+,16-/m1/s1. The number of hydrogen-bond donors (Lipinski definition) is 0. The fraction of sp³-hybridized carbons (Fsp3) is 0.294. The van der Waals surface area contributed by atoms with Gasteiger partial charge in [0.05, 0.1) is 11.7 Å². The molecule has 3 heterocycles. The summed E-state index contributed by atoms with van der Waals surface area (Å²) in [5.74, 6) is 0. The molecule has 0 bridgehead atoms. The van der Waals surface area contributed by atoms with Crippen molar-refractivity contribution in [3.63, 3.8) is 0 Å². The van der Waals surface area contributed by atoms with Crippen LogP contribution in [0, 0.1) is 0 Å². The highest BCUT2D eigenvalue weighted by Gasteiger charge is 2.43. The van der Waals surface area contributed by atoms with Crippen LogP contribution in [0.1, 0.15) is 30.3 Å². The summed E-state index contributed by atoms with van der Waals surface area (Å²) in [6, 6.07) is 14.4. The van der Waals surface area contributed by atoms with Crippen LogP contribution in [-0.4, -0.2) is 26.8 Å². The van der Waals surface area contributed by atoms with E-state index in [9.17, 15) is 0 Å². The molecule has 2 aliphatic heterocycles. The van der Waals surface area contributed by atoms with Gasteiger partial charge in [0, 0.05) is 23.0 Å². The van der Waals surface area contributed by atoms with E-state index < -0.39 is 0 Å². The number of benzene rings is 1. The Kier molecular flexibility index (Phi) is 3.59. The van der Waals surface area contributed by atoms with Crippen molar-refractivity contribution in [2.24, 2.45) is 4.99 Å². The zero-order valence-corrected chi connectivity index (χ0v) is 13.8. The summed E-state index contributed by atoms with van der Waals surface area (Å²) < 4.78 is 0. The Morgan fingerprint density at radius 2 is 2.14 bits per heavy atom. The number of nitrogens with zero attached hydrogens (tertiary/aromatic N) is 3. The van der Waals surface area contributed by atoms with Crippen LogP contribution in [-0.2, 0) is 0 Å². The topological polar surface area (TPSA) is 28.5 Å². The van der Waals surface area contributed by atoms with E-state index in [1.54, 1.807) is 0 Å². The lowest BCUT2D eigenvalue weighted by Crippen LogP contribution is -2.28.